The fourth-order valence-corrected chi connectivity index (χ4v) is 3.52. The van der Waals surface area contributed by atoms with Crippen LogP contribution in [0.15, 0.2) is 36.5 Å². The number of rotatable bonds is 3. The number of aromatic nitrogens is 5. The zero-order chi connectivity index (χ0) is 22.5. The van der Waals surface area contributed by atoms with Crippen LogP contribution in [0.1, 0.15) is 37.7 Å². The van der Waals surface area contributed by atoms with E-state index >= 15 is 0 Å². The fourth-order valence-electron chi connectivity index (χ4n) is 3.52. The van der Waals surface area contributed by atoms with Crippen LogP contribution in [-0.4, -0.2) is 30.3 Å². The Kier molecular flexibility index (Phi) is 4.92. The third-order valence-electron chi connectivity index (χ3n) is 5.55. The van der Waals surface area contributed by atoms with E-state index < -0.39 is 5.41 Å². The van der Waals surface area contributed by atoms with Crippen LogP contribution in [0.4, 0.5) is 5.69 Å². The number of hydrogen-bond donors (Lipinski definition) is 1. The Balaban J connectivity index is 1.72. The minimum atomic E-state index is -0.464. The minimum absolute atomic E-state index is 0.0173. The molecular formula is C24H28N6O. The van der Waals surface area contributed by atoms with E-state index in [-0.39, 0.29) is 5.91 Å². The van der Waals surface area contributed by atoms with E-state index in [9.17, 15) is 4.79 Å². The third kappa shape index (κ3) is 3.83. The number of nitrogens with one attached hydrogen (secondary N) is 1. The minimum Gasteiger partial charge on any atom is -0.325 e. The van der Waals surface area contributed by atoms with Crippen molar-refractivity contribution in [2.24, 2.45) is 12.5 Å². The third-order valence-corrected chi connectivity index (χ3v) is 5.55. The van der Waals surface area contributed by atoms with Gasteiger partial charge in [0.1, 0.15) is 0 Å². The van der Waals surface area contributed by atoms with Gasteiger partial charge in [0.05, 0.1) is 23.3 Å². The Morgan fingerprint density at radius 2 is 1.74 bits per heavy atom. The number of imidazole rings is 1. The molecule has 1 amide bonds. The van der Waals surface area contributed by atoms with Crippen LogP contribution >= 0.6 is 0 Å². The Labute approximate surface area is 182 Å². The van der Waals surface area contributed by atoms with Crippen LogP contribution in [0.5, 0.6) is 0 Å². The number of benzene rings is 1. The zero-order valence-electron chi connectivity index (χ0n) is 19.1. The lowest BCUT2D eigenvalue weighted by atomic mass is 9.95. The van der Waals surface area contributed by atoms with Gasteiger partial charge >= 0.3 is 0 Å². The maximum atomic E-state index is 12.5. The molecule has 160 valence electrons. The summed E-state index contributed by atoms with van der Waals surface area (Å²) in [6, 6.07) is 9.93. The number of fused-ring (bicyclic) bond motifs is 1. The SMILES string of the molecule is Cc1ccc(-c2cn3nc(-c4c(C)nn(C)c4C)ccc3n2)cc1NC(=O)C(C)(C)C. The number of nitrogens with zero attached hydrogens (tertiary/aromatic N) is 5. The van der Waals surface area contributed by atoms with Gasteiger partial charge in [-0.05, 0) is 44.5 Å². The summed E-state index contributed by atoms with van der Waals surface area (Å²) in [6.45, 7) is 11.7. The largest absolute Gasteiger partial charge is 0.325 e. The predicted octanol–water partition coefficient (Wildman–Crippen LogP) is 4.71. The second-order valence-electron chi connectivity index (χ2n) is 9.05. The molecule has 3 heterocycles. The molecule has 4 rings (SSSR count). The Hall–Kier alpha value is -3.48. The molecule has 1 N–H and O–H groups in total. The van der Waals surface area contributed by atoms with Gasteiger partial charge in [0.25, 0.3) is 0 Å². The monoisotopic (exact) mass is 416 g/mol. The van der Waals surface area contributed by atoms with E-state index in [1.54, 1.807) is 4.52 Å². The summed E-state index contributed by atoms with van der Waals surface area (Å²) in [5.41, 5.74) is 7.76. The van der Waals surface area contributed by atoms with Gasteiger partial charge in [0, 0.05) is 35.0 Å². The lowest BCUT2D eigenvalue weighted by Gasteiger charge is -2.19. The first-order valence-corrected chi connectivity index (χ1v) is 10.3. The quantitative estimate of drug-likeness (QED) is 0.525. The fraction of sp³-hybridized carbons (Fsp3) is 0.333. The second-order valence-corrected chi connectivity index (χ2v) is 9.05. The summed E-state index contributed by atoms with van der Waals surface area (Å²) >= 11 is 0. The van der Waals surface area contributed by atoms with Gasteiger partial charge < -0.3 is 5.32 Å². The number of carbonyl (C=O) groups is 1. The summed E-state index contributed by atoms with van der Waals surface area (Å²) in [5, 5.41) is 12.3. The standard InChI is InChI=1S/C24H28N6O/c1-14-8-9-17(12-19(14)26-23(31)24(4,5)6)20-13-30-21(25-20)11-10-18(28-30)22-15(2)27-29(7)16(22)3/h8-13H,1-7H3,(H,26,31). The molecule has 0 aliphatic carbocycles. The van der Waals surface area contributed by atoms with Crippen LogP contribution in [0, 0.1) is 26.2 Å². The molecule has 0 saturated carbocycles. The van der Waals surface area contributed by atoms with Crippen molar-refractivity contribution in [3.63, 3.8) is 0 Å². The number of hydrogen-bond acceptors (Lipinski definition) is 4. The number of aryl methyl sites for hydroxylation is 3. The van der Waals surface area contributed by atoms with E-state index in [1.165, 1.54) is 0 Å². The molecule has 0 atom stereocenters. The molecule has 0 fully saturated rings. The molecule has 1 aromatic carbocycles. The van der Waals surface area contributed by atoms with Crippen LogP contribution in [0.3, 0.4) is 0 Å². The van der Waals surface area contributed by atoms with E-state index in [2.05, 4.69) is 10.4 Å². The van der Waals surface area contributed by atoms with Crippen molar-refractivity contribution in [1.29, 1.82) is 0 Å². The van der Waals surface area contributed by atoms with Crippen molar-refractivity contribution in [3.8, 4) is 22.5 Å². The highest BCUT2D eigenvalue weighted by Crippen LogP contribution is 2.28. The molecular weight excluding hydrogens is 388 g/mol. The molecule has 0 unspecified atom stereocenters. The topological polar surface area (TPSA) is 77.1 Å². The number of carbonyl (C=O) groups excluding carboxylic acids is 1. The highest BCUT2D eigenvalue weighted by Gasteiger charge is 2.22. The molecule has 7 nitrogen and oxygen atoms in total. The molecule has 7 heteroatoms. The first-order chi connectivity index (χ1) is 14.5. The normalized spacial score (nSPS) is 11.8. The highest BCUT2D eigenvalue weighted by molar-refractivity contribution is 5.95. The van der Waals surface area contributed by atoms with E-state index in [0.29, 0.717) is 0 Å². The molecule has 0 bridgehead atoms. The van der Waals surface area contributed by atoms with Crippen molar-refractivity contribution in [2.75, 3.05) is 5.32 Å². The van der Waals surface area contributed by atoms with Crippen molar-refractivity contribution < 1.29 is 4.79 Å². The molecule has 31 heavy (non-hydrogen) atoms. The van der Waals surface area contributed by atoms with Gasteiger partial charge in [-0.2, -0.15) is 10.2 Å². The van der Waals surface area contributed by atoms with Crippen molar-refractivity contribution >= 4 is 17.2 Å². The lowest BCUT2D eigenvalue weighted by molar-refractivity contribution is -0.123. The Morgan fingerprint density at radius 3 is 2.39 bits per heavy atom. The summed E-state index contributed by atoms with van der Waals surface area (Å²) in [5.74, 6) is -0.0173. The van der Waals surface area contributed by atoms with Crippen LogP contribution < -0.4 is 5.32 Å². The van der Waals surface area contributed by atoms with Gasteiger partial charge in [0.2, 0.25) is 5.91 Å². The van der Waals surface area contributed by atoms with Gasteiger partial charge in [-0.15, -0.1) is 0 Å². The van der Waals surface area contributed by atoms with Crippen molar-refractivity contribution in [1.82, 2.24) is 24.4 Å². The summed E-state index contributed by atoms with van der Waals surface area (Å²) in [7, 11) is 1.94. The molecule has 0 spiro atoms. The molecule has 4 aromatic rings. The van der Waals surface area contributed by atoms with Crippen LogP contribution in [0.2, 0.25) is 0 Å². The van der Waals surface area contributed by atoms with Gasteiger partial charge in [-0.25, -0.2) is 9.50 Å². The average molecular weight is 417 g/mol. The van der Waals surface area contributed by atoms with Crippen LogP contribution in [0.25, 0.3) is 28.2 Å². The smallest absolute Gasteiger partial charge is 0.229 e. The van der Waals surface area contributed by atoms with Gasteiger partial charge in [-0.3, -0.25) is 9.48 Å². The highest BCUT2D eigenvalue weighted by atomic mass is 16.2. The average Bonchev–Trinajstić information content (AvgIpc) is 3.22. The first-order valence-electron chi connectivity index (χ1n) is 10.3. The van der Waals surface area contributed by atoms with Crippen LogP contribution in [-0.2, 0) is 11.8 Å². The maximum absolute atomic E-state index is 12.5. The van der Waals surface area contributed by atoms with Crippen molar-refractivity contribution in [3.05, 3.63) is 53.5 Å². The lowest BCUT2D eigenvalue weighted by Crippen LogP contribution is -2.27. The molecule has 3 aromatic heterocycles. The van der Waals surface area contributed by atoms with Gasteiger partial charge in [-0.1, -0.05) is 32.9 Å². The van der Waals surface area contributed by atoms with E-state index in [0.717, 1.165) is 50.8 Å². The summed E-state index contributed by atoms with van der Waals surface area (Å²) in [4.78, 5) is 17.2. The molecule has 0 aliphatic heterocycles. The zero-order valence-corrected chi connectivity index (χ0v) is 19.1. The number of amides is 1. The first kappa shape index (κ1) is 20.8. The van der Waals surface area contributed by atoms with Gasteiger partial charge in [0.15, 0.2) is 5.65 Å². The second kappa shape index (κ2) is 7.34. The van der Waals surface area contributed by atoms with E-state index in [1.807, 2.05) is 89.8 Å². The summed E-state index contributed by atoms with van der Waals surface area (Å²) in [6.07, 6.45) is 1.92. The Bertz CT molecular complexity index is 1310. The number of anilines is 1. The molecule has 0 aliphatic rings. The Morgan fingerprint density at radius 1 is 1.00 bits per heavy atom. The van der Waals surface area contributed by atoms with Crippen molar-refractivity contribution in [2.45, 2.75) is 41.5 Å². The predicted molar refractivity (Wildman–Crippen MR) is 123 cm³/mol. The molecule has 0 saturated heterocycles. The maximum Gasteiger partial charge on any atom is 0.229 e. The summed E-state index contributed by atoms with van der Waals surface area (Å²) < 4.78 is 3.67. The van der Waals surface area contributed by atoms with E-state index in [4.69, 9.17) is 10.1 Å². The molecule has 0 radical (unpaired) electrons.